The van der Waals surface area contributed by atoms with E-state index >= 15 is 0 Å². The molecule has 1 saturated heterocycles. The highest BCUT2D eigenvalue weighted by Gasteiger charge is 2.23. The van der Waals surface area contributed by atoms with E-state index in [1.165, 1.54) is 34.4 Å². The molecule has 166 valence electrons. The van der Waals surface area contributed by atoms with Gasteiger partial charge >= 0.3 is 0 Å². The maximum atomic E-state index is 14.1. The largest absolute Gasteiger partial charge is 0.481 e. The normalized spacial score (nSPS) is 14.3. The first-order valence-electron chi connectivity index (χ1n) is 9.64. The molecular weight excluding hydrogens is 448 g/mol. The number of rotatable bonds is 7. The van der Waals surface area contributed by atoms with Gasteiger partial charge in [-0.05, 0) is 24.3 Å². The van der Waals surface area contributed by atoms with Gasteiger partial charge in [0.2, 0.25) is 0 Å². The fourth-order valence-corrected chi connectivity index (χ4v) is 4.21. The number of thiazole rings is 1. The lowest BCUT2D eigenvalue weighted by atomic mass is 10.3. The van der Waals surface area contributed by atoms with Crippen molar-refractivity contribution in [2.24, 2.45) is 0 Å². The molecule has 0 spiro atoms. The van der Waals surface area contributed by atoms with Crippen LogP contribution in [0.5, 0.6) is 5.75 Å². The fraction of sp³-hybridized carbons (Fsp3) is 0.333. The van der Waals surface area contributed by atoms with Gasteiger partial charge in [-0.25, -0.2) is 13.8 Å². The van der Waals surface area contributed by atoms with Crippen LogP contribution in [0, 0.1) is 11.6 Å². The van der Waals surface area contributed by atoms with Gasteiger partial charge in [-0.3, -0.25) is 14.6 Å². The third-order valence-corrected chi connectivity index (χ3v) is 5.87. The quantitative estimate of drug-likeness (QED) is 0.527. The molecule has 0 bridgehead atoms. The molecule has 1 amide bonds. The lowest BCUT2D eigenvalue weighted by Crippen LogP contribution is -2.44. The van der Waals surface area contributed by atoms with E-state index in [1.807, 2.05) is 0 Å². The Hall–Kier alpha value is -2.33. The molecule has 6 nitrogen and oxygen atoms in total. The molecule has 1 aliphatic rings. The molecule has 4 rings (SSSR count). The number of carbonyl (C=O) groups excluding carboxylic acids is 1. The van der Waals surface area contributed by atoms with E-state index in [0.717, 1.165) is 13.1 Å². The van der Waals surface area contributed by atoms with Gasteiger partial charge in [0.05, 0.1) is 17.9 Å². The van der Waals surface area contributed by atoms with Crippen molar-refractivity contribution in [2.75, 3.05) is 50.9 Å². The number of anilines is 1. The van der Waals surface area contributed by atoms with E-state index < -0.39 is 11.6 Å². The minimum Gasteiger partial charge on any atom is -0.481 e. The maximum absolute atomic E-state index is 14.1. The predicted octanol–water partition coefficient (Wildman–Crippen LogP) is 3.74. The number of aromatic nitrogens is 1. The summed E-state index contributed by atoms with van der Waals surface area (Å²) in [6, 6.07) is 10.6. The summed E-state index contributed by atoms with van der Waals surface area (Å²) in [5.74, 6) is -1.33. The van der Waals surface area contributed by atoms with Crippen LogP contribution in [0.1, 0.15) is 0 Å². The summed E-state index contributed by atoms with van der Waals surface area (Å²) < 4.78 is 39.3. The topological polar surface area (TPSA) is 54.9 Å². The van der Waals surface area contributed by atoms with E-state index in [4.69, 9.17) is 9.47 Å². The number of para-hydroxylation sites is 2. The van der Waals surface area contributed by atoms with Crippen molar-refractivity contribution in [1.29, 1.82) is 0 Å². The van der Waals surface area contributed by atoms with Crippen molar-refractivity contribution >= 4 is 45.0 Å². The van der Waals surface area contributed by atoms with E-state index in [-0.39, 0.29) is 36.2 Å². The van der Waals surface area contributed by atoms with E-state index in [1.54, 1.807) is 24.3 Å². The number of fused-ring (bicyclic) bond motifs is 1. The highest BCUT2D eigenvalue weighted by molar-refractivity contribution is 7.22. The van der Waals surface area contributed by atoms with Crippen LogP contribution >= 0.6 is 23.7 Å². The first kappa shape index (κ1) is 23.3. The Morgan fingerprint density at radius 1 is 1.13 bits per heavy atom. The van der Waals surface area contributed by atoms with Gasteiger partial charge in [0.15, 0.2) is 23.3 Å². The molecular formula is C21H22ClF2N3O3S. The molecule has 1 fully saturated rings. The Bertz CT molecular complexity index is 1030. The van der Waals surface area contributed by atoms with Crippen LogP contribution in [0.2, 0.25) is 0 Å². The Morgan fingerprint density at radius 2 is 1.87 bits per heavy atom. The van der Waals surface area contributed by atoms with E-state index in [0.29, 0.717) is 36.1 Å². The number of amides is 1. The molecule has 2 heterocycles. The second-order valence-electron chi connectivity index (χ2n) is 6.80. The second kappa shape index (κ2) is 10.8. The van der Waals surface area contributed by atoms with Gasteiger partial charge in [0.1, 0.15) is 11.3 Å². The SMILES string of the molecule is Cl.O=C(COc1ccccc1F)N(CCN1CCOCC1)c1nc2c(F)cccc2s1. The number of carbonyl (C=O) groups is 1. The average Bonchev–Trinajstić information content (AvgIpc) is 3.19. The molecule has 0 saturated carbocycles. The summed E-state index contributed by atoms with van der Waals surface area (Å²) >= 11 is 1.24. The van der Waals surface area contributed by atoms with Crippen LogP contribution in [0.3, 0.4) is 0 Å². The molecule has 0 radical (unpaired) electrons. The smallest absolute Gasteiger partial charge is 0.266 e. The van der Waals surface area contributed by atoms with Gasteiger partial charge in [-0.15, -0.1) is 12.4 Å². The number of benzene rings is 2. The molecule has 1 aliphatic heterocycles. The molecule has 0 N–H and O–H groups in total. The van der Waals surface area contributed by atoms with Crippen LogP contribution < -0.4 is 9.64 Å². The number of halogens is 3. The summed E-state index contributed by atoms with van der Waals surface area (Å²) in [5, 5.41) is 0.394. The van der Waals surface area contributed by atoms with E-state index in [9.17, 15) is 13.6 Å². The van der Waals surface area contributed by atoms with Gasteiger partial charge in [-0.2, -0.15) is 0 Å². The minimum atomic E-state index is -0.535. The van der Waals surface area contributed by atoms with Crippen molar-refractivity contribution in [2.45, 2.75) is 0 Å². The average molecular weight is 470 g/mol. The molecule has 0 aliphatic carbocycles. The highest BCUT2D eigenvalue weighted by Crippen LogP contribution is 2.30. The zero-order valence-electron chi connectivity index (χ0n) is 16.6. The lowest BCUT2D eigenvalue weighted by Gasteiger charge is -2.29. The Morgan fingerprint density at radius 3 is 2.61 bits per heavy atom. The van der Waals surface area contributed by atoms with Crippen molar-refractivity contribution in [3.8, 4) is 5.75 Å². The van der Waals surface area contributed by atoms with Crippen LogP contribution in [-0.4, -0.2) is 61.8 Å². The molecule has 31 heavy (non-hydrogen) atoms. The fourth-order valence-electron chi connectivity index (χ4n) is 3.19. The molecule has 2 aromatic carbocycles. The molecule has 1 aromatic heterocycles. The third-order valence-electron chi connectivity index (χ3n) is 4.82. The van der Waals surface area contributed by atoms with Gasteiger partial charge in [0.25, 0.3) is 5.91 Å². The number of hydrogen-bond donors (Lipinski definition) is 0. The Labute approximate surface area is 188 Å². The number of morpholine rings is 1. The second-order valence-corrected chi connectivity index (χ2v) is 7.81. The highest BCUT2D eigenvalue weighted by atomic mass is 35.5. The Kier molecular flexibility index (Phi) is 8.14. The van der Waals surface area contributed by atoms with Crippen LogP contribution in [0.4, 0.5) is 13.9 Å². The predicted molar refractivity (Wildman–Crippen MR) is 118 cm³/mol. The molecule has 0 unspecified atom stereocenters. The first-order valence-corrected chi connectivity index (χ1v) is 10.5. The van der Waals surface area contributed by atoms with Crippen molar-refractivity contribution < 1.29 is 23.0 Å². The number of hydrogen-bond acceptors (Lipinski definition) is 6. The number of ether oxygens (including phenoxy) is 2. The van der Waals surface area contributed by atoms with Crippen molar-refractivity contribution in [3.05, 3.63) is 54.1 Å². The third kappa shape index (κ3) is 5.68. The summed E-state index contributed by atoms with van der Waals surface area (Å²) in [4.78, 5) is 21.0. The van der Waals surface area contributed by atoms with Crippen LogP contribution in [0.15, 0.2) is 42.5 Å². The van der Waals surface area contributed by atoms with Gasteiger partial charge < -0.3 is 9.47 Å². The lowest BCUT2D eigenvalue weighted by molar-refractivity contribution is -0.120. The monoisotopic (exact) mass is 469 g/mol. The summed E-state index contributed by atoms with van der Waals surface area (Å²) in [7, 11) is 0. The minimum absolute atomic E-state index is 0. The Balaban J connectivity index is 0.00000272. The van der Waals surface area contributed by atoms with E-state index in [2.05, 4.69) is 9.88 Å². The van der Waals surface area contributed by atoms with Crippen LogP contribution in [0.25, 0.3) is 10.2 Å². The molecule has 0 atom stereocenters. The zero-order chi connectivity index (χ0) is 20.9. The van der Waals surface area contributed by atoms with Crippen molar-refractivity contribution in [3.63, 3.8) is 0 Å². The van der Waals surface area contributed by atoms with Crippen molar-refractivity contribution in [1.82, 2.24) is 9.88 Å². The summed E-state index contributed by atoms with van der Waals surface area (Å²) in [6.07, 6.45) is 0. The zero-order valence-corrected chi connectivity index (χ0v) is 18.3. The van der Waals surface area contributed by atoms with Gasteiger partial charge in [0, 0.05) is 26.2 Å². The summed E-state index contributed by atoms with van der Waals surface area (Å²) in [6.45, 7) is 3.49. The van der Waals surface area contributed by atoms with Gasteiger partial charge in [-0.1, -0.05) is 29.5 Å². The summed E-state index contributed by atoms with van der Waals surface area (Å²) in [5.41, 5.74) is 0.233. The number of nitrogens with zero attached hydrogens (tertiary/aromatic N) is 3. The molecule has 10 heteroatoms. The first-order chi connectivity index (χ1) is 14.6. The standard InChI is InChI=1S/C21H21F2N3O3S.ClH/c22-15-4-1-2-6-17(15)29-14-19(27)26(9-8-25-10-12-28-13-11-25)21-24-20-16(23)5-3-7-18(20)30-21;/h1-7H,8-14H2;1H. The molecule has 3 aromatic rings. The van der Waals surface area contributed by atoms with Crippen LogP contribution in [-0.2, 0) is 9.53 Å². The maximum Gasteiger partial charge on any atom is 0.266 e.